The Morgan fingerprint density at radius 2 is 1.10 bits per heavy atom. The summed E-state index contributed by atoms with van der Waals surface area (Å²) in [5, 5.41) is 4.60. The highest BCUT2D eigenvalue weighted by Crippen LogP contribution is 2.50. The average molecular weight is 889 g/mol. The number of para-hydroxylation sites is 1. The Bertz CT molecular complexity index is 3960. The van der Waals surface area contributed by atoms with E-state index < -0.39 is 0 Å². The molecule has 3 heterocycles. The summed E-state index contributed by atoms with van der Waals surface area (Å²) in [5.41, 5.74) is 20.9. The molecule has 13 rings (SSSR count). The highest BCUT2D eigenvalue weighted by atomic mass is 16.3. The number of benzene rings is 9. The molecule has 3 aromatic heterocycles. The Morgan fingerprint density at radius 3 is 1.87 bits per heavy atom. The fourth-order valence-electron chi connectivity index (χ4n) is 11.1. The second-order valence-electron chi connectivity index (χ2n) is 18.5. The summed E-state index contributed by atoms with van der Waals surface area (Å²) < 4.78 is 9.66. The summed E-state index contributed by atoms with van der Waals surface area (Å²) >= 11 is 0. The molecule has 1 unspecified atom stereocenters. The van der Waals surface area contributed by atoms with Gasteiger partial charge < -0.3 is 8.98 Å². The van der Waals surface area contributed by atoms with E-state index in [0.717, 1.165) is 74.5 Å². The van der Waals surface area contributed by atoms with E-state index in [9.17, 15) is 0 Å². The van der Waals surface area contributed by atoms with E-state index in [-0.39, 0.29) is 5.92 Å². The van der Waals surface area contributed by atoms with Crippen molar-refractivity contribution in [1.82, 2.24) is 19.5 Å². The maximum Gasteiger partial charge on any atom is 0.164 e. The maximum absolute atomic E-state index is 7.28. The summed E-state index contributed by atoms with van der Waals surface area (Å²) in [6.07, 6.45) is 2.76. The molecule has 1 aliphatic rings. The molecule has 5 heteroatoms. The fourth-order valence-corrected chi connectivity index (χ4v) is 11.1. The third kappa shape index (κ3) is 6.71. The van der Waals surface area contributed by atoms with Crippen LogP contribution in [0.25, 0.3) is 106 Å². The van der Waals surface area contributed by atoms with Gasteiger partial charge in [0.25, 0.3) is 0 Å². The first-order valence-corrected chi connectivity index (χ1v) is 24.2. The van der Waals surface area contributed by atoms with Crippen molar-refractivity contribution in [3.05, 3.63) is 228 Å². The molecule has 0 amide bonds. The molecule has 0 fully saturated rings. The minimum Gasteiger partial charge on any atom is -0.455 e. The Kier molecular flexibility index (Phi) is 9.72. The number of fused-ring (bicyclic) bond motifs is 11. The van der Waals surface area contributed by atoms with Crippen LogP contribution < -0.4 is 0 Å². The topological polar surface area (TPSA) is 56.7 Å². The van der Waals surface area contributed by atoms with E-state index >= 15 is 0 Å². The van der Waals surface area contributed by atoms with Crippen molar-refractivity contribution in [3.63, 3.8) is 0 Å². The molecule has 0 spiro atoms. The highest BCUT2D eigenvalue weighted by molar-refractivity contribution is 6.25. The predicted molar refractivity (Wildman–Crippen MR) is 284 cm³/mol. The van der Waals surface area contributed by atoms with E-state index in [1.807, 2.05) is 18.2 Å². The van der Waals surface area contributed by atoms with Crippen molar-refractivity contribution in [1.29, 1.82) is 0 Å². The number of aromatic nitrogens is 4. The second-order valence-corrected chi connectivity index (χ2v) is 18.5. The van der Waals surface area contributed by atoms with Crippen LogP contribution in [-0.2, 0) is 19.3 Å². The van der Waals surface area contributed by atoms with Gasteiger partial charge in [-0.1, -0.05) is 172 Å². The van der Waals surface area contributed by atoms with Gasteiger partial charge in [-0.15, -0.1) is 0 Å². The standard InChI is InChI=1S/C64H48N4O/c1-4-40-16-12-14-22-48(40)49-31-29-46(37-41(49)5-2)64-66-62(43-17-8-6-9-18-43)65-63(67-64)44-27-25-42(26-28-44)55-38-45-19-13-15-23-50(45)58-51(55)32-33-52-53-34-35-56-59(61(53)69-60(52)58)54-30-24-39(3)36-57(54)68(56)47-20-10-7-11-21-47/h6-37,55H,4-5,38H2,1-3H3. The van der Waals surface area contributed by atoms with Crippen molar-refractivity contribution in [3.8, 4) is 62.1 Å². The third-order valence-electron chi connectivity index (χ3n) is 14.5. The van der Waals surface area contributed by atoms with Crippen molar-refractivity contribution in [2.24, 2.45) is 0 Å². The van der Waals surface area contributed by atoms with Gasteiger partial charge in [0.2, 0.25) is 0 Å². The smallest absolute Gasteiger partial charge is 0.164 e. The minimum absolute atomic E-state index is 0.113. The molecule has 0 radical (unpaired) electrons. The lowest BCUT2D eigenvalue weighted by Gasteiger charge is -2.28. The molecule has 0 aliphatic heterocycles. The van der Waals surface area contributed by atoms with E-state index in [1.54, 1.807) is 0 Å². The summed E-state index contributed by atoms with van der Waals surface area (Å²) in [4.78, 5) is 15.4. The molecular weight excluding hydrogens is 841 g/mol. The van der Waals surface area contributed by atoms with Gasteiger partial charge in [0.1, 0.15) is 11.2 Å². The molecule has 0 bridgehead atoms. The van der Waals surface area contributed by atoms with Crippen LogP contribution in [0.15, 0.2) is 199 Å². The van der Waals surface area contributed by atoms with Crippen molar-refractivity contribution in [2.75, 3.05) is 0 Å². The second kappa shape index (κ2) is 16.4. The van der Waals surface area contributed by atoms with Crippen molar-refractivity contribution >= 4 is 43.7 Å². The lowest BCUT2D eigenvalue weighted by molar-refractivity contribution is 0.670. The Morgan fingerprint density at radius 1 is 0.493 bits per heavy atom. The quantitative estimate of drug-likeness (QED) is 0.153. The van der Waals surface area contributed by atoms with Crippen LogP contribution in [0.4, 0.5) is 0 Å². The van der Waals surface area contributed by atoms with Gasteiger partial charge in [0.15, 0.2) is 17.5 Å². The highest BCUT2D eigenvalue weighted by Gasteiger charge is 2.30. The number of aryl methyl sites for hydroxylation is 3. The van der Waals surface area contributed by atoms with Crippen molar-refractivity contribution in [2.45, 2.75) is 46.0 Å². The molecule has 1 aliphatic carbocycles. The number of hydrogen-bond acceptors (Lipinski definition) is 4. The molecule has 0 saturated heterocycles. The van der Waals surface area contributed by atoms with Crippen LogP contribution in [0.2, 0.25) is 0 Å². The van der Waals surface area contributed by atoms with Gasteiger partial charge >= 0.3 is 0 Å². The molecule has 0 saturated carbocycles. The fraction of sp³-hybridized carbons (Fsp3) is 0.109. The van der Waals surface area contributed by atoms with Gasteiger partial charge in [-0.3, -0.25) is 0 Å². The zero-order chi connectivity index (χ0) is 46.2. The molecule has 9 aromatic carbocycles. The van der Waals surface area contributed by atoms with Crippen molar-refractivity contribution < 1.29 is 4.42 Å². The summed E-state index contributed by atoms with van der Waals surface area (Å²) in [6, 6.07) is 70.0. The van der Waals surface area contributed by atoms with E-state index in [1.165, 1.54) is 66.5 Å². The number of rotatable bonds is 8. The first-order chi connectivity index (χ1) is 34.0. The SMILES string of the molecule is CCc1ccccc1-c1ccc(-c2nc(-c3ccccc3)nc(-c3ccc(C4Cc5ccccc5-c5c4ccc4c5oc5c4ccc4c5c5ccc(C)cc5n4-c4ccccc4)cc3)n2)cc1CC. The van der Waals surface area contributed by atoms with Gasteiger partial charge in [0.05, 0.1) is 16.4 Å². The molecular formula is C64H48N4O. The van der Waals surface area contributed by atoms with Gasteiger partial charge in [-0.25, -0.2) is 15.0 Å². The zero-order valence-electron chi connectivity index (χ0n) is 38.9. The molecule has 330 valence electrons. The molecule has 12 aromatic rings. The minimum atomic E-state index is 0.113. The van der Waals surface area contributed by atoms with Crippen LogP contribution in [0.1, 0.15) is 53.1 Å². The van der Waals surface area contributed by atoms with Gasteiger partial charge in [-0.05, 0) is 113 Å². The lowest BCUT2D eigenvalue weighted by atomic mass is 9.75. The zero-order valence-corrected chi connectivity index (χ0v) is 38.9. The average Bonchev–Trinajstić information content (AvgIpc) is 3.96. The Hall–Kier alpha value is -8.41. The molecule has 1 atom stereocenters. The van der Waals surface area contributed by atoms with Crippen LogP contribution in [0.3, 0.4) is 0 Å². The summed E-state index contributed by atoms with van der Waals surface area (Å²) in [6.45, 7) is 6.61. The first-order valence-electron chi connectivity index (χ1n) is 24.2. The normalized spacial score (nSPS) is 13.3. The molecule has 5 nitrogen and oxygen atoms in total. The number of furan rings is 1. The monoisotopic (exact) mass is 888 g/mol. The third-order valence-corrected chi connectivity index (χ3v) is 14.5. The predicted octanol–water partition coefficient (Wildman–Crippen LogP) is 16.3. The Balaban J connectivity index is 0.925. The molecule has 69 heavy (non-hydrogen) atoms. The molecule has 0 N–H and O–H groups in total. The van der Waals surface area contributed by atoms with E-state index in [4.69, 9.17) is 19.4 Å². The van der Waals surface area contributed by atoms with E-state index in [0.29, 0.717) is 17.5 Å². The largest absolute Gasteiger partial charge is 0.455 e. The summed E-state index contributed by atoms with van der Waals surface area (Å²) in [5.74, 6) is 2.08. The number of nitrogens with zero attached hydrogens (tertiary/aromatic N) is 4. The summed E-state index contributed by atoms with van der Waals surface area (Å²) in [7, 11) is 0. The van der Waals surface area contributed by atoms with Crippen LogP contribution in [0.5, 0.6) is 0 Å². The van der Waals surface area contributed by atoms with E-state index in [2.05, 4.69) is 201 Å². The van der Waals surface area contributed by atoms with Gasteiger partial charge in [0, 0.05) is 50.0 Å². The lowest BCUT2D eigenvalue weighted by Crippen LogP contribution is -2.13. The van der Waals surface area contributed by atoms with Crippen LogP contribution in [0, 0.1) is 6.92 Å². The van der Waals surface area contributed by atoms with Gasteiger partial charge in [-0.2, -0.15) is 0 Å². The number of hydrogen-bond donors (Lipinski definition) is 0. The van der Waals surface area contributed by atoms with Crippen LogP contribution in [-0.4, -0.2) is 19.5 Å². The van der Waals surface area contributed by atoms with Crippen LogP contribution >= 0.6 is 0 Å². The first kappa shape index (κ1) is 40.8. The Labute approximate surface area is 401 Å². The maximum atomic E-state index is 7.28.